The SMILES string of the molecule is Cn1ccnc1[C@H]1OCC[C@@H]1NC(=O)NC1COc2c1ccc(Cl)c2Cl. The fraction of sp³-hybridized carbons (Fsp3) is 0.412. The second-order valence-corrected chi connectivity index (χ2v) is 7.13. The Morgan fingerprint density at radius 3 is 2.96 bits per heavy atom. The number of hydrogen-bond acceptors (Lipinski definition) is 4. The molecule has 0 aliphatic carbocycles. The minimum Gasteiger partial charge on any atom is -0.489 e. The molecule has 1 saturated heterocycles. The molecule has 26 heavy (non-hydrogen) atoms. The van der Waals surface area contributed by atoms with E-state index in [9.17, 15) is 4.79 Å². The maximum absolute atomic E-state index is 12.5. The van der Waals surface area contributed by atoms with Gasteiger partial charge >= 0.3 is 6.03 Å². The summed E-state index contributed by atoms with van der Waals surface area (Å²) in [5.74, 6) is 1.32. The molecule has 2 N–H and O–H groups in total. The summed E-state index contributed by atoms with van der Waals surface area (Å²) < 4.78 is 13.3. The molecule has 3 atom stereocenters. The van der Waals surface area contributed by atoms with E-state index in [0.717, 1.165) is 17.8 Å². The molecule has 0 radical (unpaired) electrons. The van der Waals surface area contributed by atoms with Crippen molar-refractivity contribution in [1.29, 1.82) is 0 Å². The lowest BCUT2D eigenvalue weighted by Gasteiger charge is -2.21. The van der Waals surface area contributed by atoms with Gasteiger partial charge in [0.25, 0.3) is 0 Å². The van der Waals surface area contributed by atoms with E-state index < -0.39 is 0 Å². The molecule has 3 heterocycles. The van der Waals surface area contributed by atoms with E-state index in [-0.39, 0.29) is 24.2 Å². The Morgan fingerprint density at radius 2 is 2.19 bits per heavy atom. The predicted octanol–water partition coefficient (Wildman–Crippen LogP) is 2.99. The first-order valence-corrected chi connectivity index (χ1v) is 9.06. The number of aromatic nitrogens is 2. The fourth-order valence-electron chi connectivity index (χ4n) is 3.36. The number of carbonyl (C=O) groups excluding carboxylic acids is 1. The third-order valence-electron chi connectivity index (χ3n) is 4.68. The van der Waals surface area contributed by atoms with Crippen LogP contribution in [0.25, 0.3) is 0 Å². The first-order valence-electron chi connectivity index (χ1n) is 8.31. The van der Waals surface area contributed by atoms with Gasteiger partial charge in [-0.2, -0.15) is 0 Å². The first-order chi connectivity index (χ1) is 12.5. The van der Waals surface area contributed by atoms with Crippen molar-refractivity contribution in [3.05, 3.63) is 46.0 Å². The number of carbonyl (C=O) groups is 1. The van der Waals surface area contributed by atoms with Crippen molar-refractivity contribution in [1.82, 2.24) is 20.2 Å². The van der Waals surface area contributed by atoms with Gasteiger partial charge < -0.3 is 24.7 Å². The first kappa shape index (κ1) is 17.5. The maximum atomic E-state index is 12.5. The normalized spacial score (nSPS) is 24.2. The number of nitrogens with one attached hydrogen (secondary N) is 2. The average molecular weight is 397 g/mol. The smallest absolute Gasteiger partial charge is 0.315 e. The van der Waals surface area contributed by atoms with Gasteiger partial charge in [0.05, 0.1) is 17.1 Å². The highest BCUT2D eigenvalue weighted by Gasteiger charge is 2.35. The Kier molecular flexibility index (Phi) is 4.69. The van der Waals surface area contributed by atoms with Gasteiger partial charge in [0, 0.05) is 31.6 Å². The Hall–Kier alpha value is -1.96. The van der Waals surface area contributed by atoms with Gasteiger partial charge in [0.2, 0.25) is 0 Å². The van der Waals surface area contributed by atoms with Crippen LogP contribution in [0.4, 0.5) is 4.79 Å². The highest BCUT2D eigenvalue weighted by Crippen LogP contribution is 2.42. The van der Waals surface area contributed by atoms with Crippen LogP contribution in [0.2, 0.25) is 10.0 Å². The number of amides is 2. The van der Waals surface area contributed by atoms with Crippen LogP contribution >= 0.6 is 23.2 Å². The van der Waals surface area contributed by atoms with Crippen molar-refractivity contribution in [2.45, 2.75) is 24.6 Å². The number of aryl methyl sites for hydroxylation is 1. The third-order valence-corrected chi connectivity index (χ3v) is 5.46. The molecular formula is C17H18Cl2N4O3. The fourth-order valence-corrected chi connectivity index (χ4v) is 3.73. The van der Waals surface area contributed by atoms with Crippen molar-refractivity contribution in [2.75, 3.05) is 13.2 Å². The third kappa shape index (κ3) is 3.11. The van der Waals surface area contributed by atoms with Crippen LogP contribution in [0.15, 0.2) is 24.5 Å². The molecule has 1 fully saturated rings. The molecule has 2 aliphatic heterocycles. The quantitative estimate of drug-likeness (QED) is 0.835. The number of imidazole rings is 1. The molecule has 1 aromatic heterocycles. The van der Waals surface area contributed by atoms with Gasteiger partial charge in [-0.25, -0.2) is 9.78 Å². The topological polar surface area (TPSA) is 77.4 Å². The van der Waals surface area contributed by atoms with E-state index in [1.165, 1.54) is 0 Å². The molecule has 2 amide bonds. The van der Waals surface area contributed by atoms with Crippen LogP contribution in [-0.2, 0) is 11.8 Å². The van der Waals surface area contributed by atoms with Crippen molar-refractivity contribution < 1.29 is 14.3 Å². The molecule has 2 aliphatic rings. The Labute approximate surface area is 160 Å². The molecule has 9 heteroatoms. The lowest BCUT2D eigenvalue weighted by molar-refractivity contribution is 0.0907. The molecule has 1 aromatic carbocycles. The van der Waals surface area contributed by atoms with E-state index >= 15 is 0 Å². The Morgan fingerprint density at radius 1 is 1.35 bits per heavy atom. The van der Waals surface area contributed by atoms with E-state index in [2.05, 4.69) is 15.6 Å². The van der Waals surface area contributed by atoms with Gasteiger partial charge in [-0.15, -0.1) is 0 Å². The average Bonchev–Trinajstić information content (AvgIpc) is 3.32. The largest absolute Gasteiger partial charge is 0.489 e. The molecule has 7 nitrogen and oxygen atoms in total. The van der Waals surface area contributed by atoms with Crippen LogP contribution in [0.1, 0.15) is 30.0 Å². The number of rotatable bonds is 3. The second-order valence-electron chi connectivity index (χ2n) is 6.34. The summed E-state index contributed by atoms with van der Waals surface area (Å²) in [6, 6.07) is 2.80. The summed E-state index contributed by atoms with van der Waals surface area (Å²) in [5.41, 5.74) is 0.817. The summed E-state index contributed by atoms with van der Waals surface area (Å²) >= 11 is 12.2. The summed E-state index contributed by atoms with van der Waals surface area (Å²) in [5, 5.41) is 6.71. The van der Waals surface area contributed by atoms with E-state index in [4.69, 9.17) is 32.7 Å². The number of hydrogen-bond donors (Lipinski definition) is 2. The number of halogens is 2. The van der Waals surface area contributed by atoms with Crippen molar-refractivity contribution in [2.24, 2.45) is 7.05 Å². The van der Waals surface area contributed by atoms with Crippen molar-refractivity contribution in [3.8, 4) is 5.75 Å². The number of benzene rings is 1. The molecule has 0 bridgehead atoms. The van der Waals surface area contributed by atoms with E-state index in [1.54, 1.807) is 12.3 Å². The summed E-state index contributed by atoms with van der Waals surface area (Å²) in [7, 11) is 1.91. The number of urea groups is 1. The van der Waals surface area contributed by atoms with Crippen LogP contribution in [0.5, 0.6) is 5.75 Å². The Bertz CT molecular complexity index is 841. The molecule has 2 aromatic rings. The summed E-state index contributed by atoms with van der Waals surface area (Å²) in [4.78, 5) is 16.8. The zero-order valence-electron chi connectivity index (χ0n) is 14.0. The number of ether oxygens (including phenoxy) is 2. The van der Waals surface area contributed by atoms with Gasteiger partial charge in [-0.05, 0) is 12.5 Å². The van der Waals surface area contributed by atoms with Crippen molar-refractivity contribution >= 4 is 29.2 Å². The van der Waals surface area contributed by atoms with Gasteiger partial charge in [0.15, 0.2) is 0 Å². The molecule has 1 unspecified atom stereocenters. The minimum absolute atomic E-state index is 0.147. The molecule has 0 saturated carbocycles. The highest BCUT2D eigenvalue weighted by atomic mass is 35.5. The minimum atomic E-state index is -0.285. The lowest BCUT2D eigenvalue weighted by atomic mass is 10.1. The summed E-state index contributed by atoms with van der Waals surface area (Å²) in [6.07, 6.45) is 4.04. The lowest BCUT2D eigenvalue weighted by Crippen LogP contribution is -2.45. The summed E-state index contributed by atoms with van der Waals surface area (Å²) in [6.45, 7) is 0.888. The molecule has 138 valence electrons. The molecular weight excluding hydrogens is 379 g/mol. The number of fused-ring (bicyclic) bond motifs is 1. The molecule has 0 spiro atoms. The van der Waals surface area contributed by atoms with E-state index in [1.807, 2.05) is 23.9 Å². The maximum Gasteiger partial charge on any atom is 0.315 e. The zero-order valence-corrected chi connectivity index (χ0v) is 15.5. The monoisotopic (exact) mass is 396 g/mol. The van der Waals surface area contributed by atoms with Crippen LogP contribution in [0.3, 0.4) is 0 Å². The second kappa shape index (κ2) is 6.98. The standard InChI is InChI=1S/C17H18Cl2N4O3/c1-23-6-5-20-16(23)15-11(4-7-25-15)21-17(24)22-12-8-26-14-9(12)2-3-10(18)13(14)19/h2-3,5-6,11-12,15H,4,7-8H2,1H3,(H2,21,22,24)/t11-,12?,15-/m0/s1. The van der Waals surface area contributed by atoms with Gasteiger partial charge in [0.1, 0.15) is 29.3 Å². The van der Waals surface area contributed by atoms with Gasteiger partial charge in [-0.3, -0.25) is 0 Å². The predicted molar refractivity (Wildman–Crippen MR) is 96.7 cm³/mol. The van der Waals surface area contributed by atoms with Gasteiger partial charge in [-0.1, -0.05) is 29.3 Å². The van der Waals surface area contributed by atoms with Crippen molar-refractivity contribution in [3.63, 3.8) is 0 Å². The highest BCUT2D eigenvalue weighted by molar-refractivity contribution is 6.43. The van der Waals surface area contributed by atoms with Crippen LogP contribution in [0, 0.1) is 0 Å². The number of nitrogens with zero attached hydrogens (tertiary/aromatic N) is 2. The van der Waals surface area contributed by atoms with Crippen LogP contribution in [-0.4, -0.2) is 34.8 Å². The zero-order chi connectivity index (χ0) is 18.3. The van der Waals surface area contributed by atoms with Crippen LogP contribution < -0.4 is 15.4 Å². The molecule has 4 rings (SSSR count). The van der Waals surface area contributed by atoms with E-state index in [0.29, 0.717) is 29.0 Å². The Balaban J connectivity index is 1.43.